The molecule has 1 aliphatic heterocycles. The Hall–Kier alpha value is -3.08. The van der Waals surface area contributed by atoms with Gasteiger partial charge in [-0.2, -0.15) is 0 Å². The highest BCUT2D eigenvalue weighted by Gasteiger charge is 2.17. The Morgan fingerprint density at radius 3 is 2.60 bits per heavy atom. The van der Waals surface area contributed by atoms with Gasteiger partial charge in [-0.25, -0.2) is 4.98 Å². The number of amides is 1. The quantitative estimate of drug-likeness (QED) is 0.652. The summed E-state index contributed by atoms with van der Waals surface area (Å²) in [5.41, 5.74) is 4.21. The molecule has 3 aromatic rings. The van der Waals surface area contributed by atoms with E-state index in [9.17, 15) is 4.79 Å². The number of carbonyl (C=O) groups is 1. The summed E-state index contributed by atoms with van der Waals surface area (Å²) in [5, 5.41) is 3.12. The van der Waals surface area contributed by atoms with Crippen LogP contribution in [0, 0.1) is 5.92 Å². The maximum atomic E-state index is 12.7. The fourth-order valence-corrected chi connectivity index (χ4v) is 4.11. The number of piperidine rings is 1. The molecule has 4 rings (SSSR count). The van der Waals surface area contributed by atoms with Gasteiger partial charge in [-0.15, -0.1) is 0 Å². The maximum Gasteiger partial charge on any atom is 0.251 e. The zero-order valence-corrected chi connectivity index (χ0v) is 17.8. The van der Waals surface area contributed by atoms with E-state index in [1.165, 1.54) is 18.5 Å². The molecule has 5 heteroatoms. The summed E-state index contributed by atoms with van der Waals surface area (Å²) in [6, 6.07) is 16.3. The Kier molecular flexibility index (Phi) is 6.17. The molecular formula is C25H30N4O. The van der Waals surface area contributed by atoms with Crippen molar-refractivity contribution in [3.8, 4) is 0 Å². The van der Waals surface area contributed by atoms with Gasteiger partial charge in [0.05, 0.1) is 12.4 Å². The second kappa shape index (κ2) is 9.16. The third-order valence-electron chi connectivity index (χ3n) is 5.90. The number of carbonyl (C=O) groups excluding carboxylic acids is 1. The monoisotopic (exact) mass is 402 g/mol. The molecule has 30 heavy (non-hydrogen) atoms. The topological polar surface area (TPSA) is 50.2 Å². The number of hydrogen-bond acceptors (Lipinski definition) is 3. The molecule has 5 nitrogen and oxygen atoms in total. The van der Waals surface area contributed by atoms with Crippen molar-refractivity contribution in [2.24, 2.45) is 5.92 Å². The molecule has 0 radical (unpaired) electrons. The van der Waals surface area contributed by atoms with Crippen LogP contribution >= 0.6 is 0 Å². The van der Waals surface area contributed by atoms with E-state index in [0.717, 1.165) is 36.7 Å². The Bertz CT molecular complexity index is 948. The summed E-state index contributed by atoms with van der Waals surface area (Å²) in [6.07, 6.45) is 8.07. The molecule has 2 atom stereocenters. The summed E-state index contributed by atoms with van der Waals surface area (Å²) < 4.78 is 2.01. The van der Waals surface area contributed by atoms with Crippen LogP contribution in [0.5, 0.6) is 0 Å². The summed E-state index contributed by atoms with van der Waals surface area (Å²) in [6.45, 7) is 7.36. The van der Waals surface area contributed by atoms with Gasteiger partial charge in [-0.1, -0.05) is 31.2 Å². The largest absolute Gasteiger partial charge is 0.371 e. The Morgan fingerprint density at radius 1 is 1.17 bits per heavy atom. The van der Waals surface area contributed by atoms with Gasteiger partial charge in [0.1, 0.15) is 0 Å². The second-order valence-electron chi connectivity index (χ2n) is 8.41. The average Bonchev–Trinajstić information content (AvgIpc) is 3.27. The van der Waals surface area contributed by atoms with E-state index in [4.69, 9.17) is 0 Å². The van der Waals surface area contributed by atoms with Crippen LogP contribution in [0.3, 0.4) is 0 Å². The number of hydrogen-bond donors (Lipinski definition) is 1. The third kappa shape index (κ3) is 4.90. The molecule has 0 saturated carbocycles. The fraction of sp³-hybridized carbons (Fsp3) is 0.360. The lowest BCUT2D eigenvalue weighted by Gasteiger charge is -2.33. The first-order chi connectivity index (χ1) is 14.6. The summed E-state index contributed by atoms with van der Waals surface area (Å²) >= 11 is 0. The first-order valence-corrected chi connectivity index (χ1v) is 10.8. The lowest BCUT2D eigenvalue weighted by Crippen LogP contribution is -2.34. The lowest BCUT2D eigenvalue weighted by atomic mass is 9.99. The van der Waals surface area contributed by atoms with Gasteiger partial charge in [0.15, 0.2) is 0 Å². The van der Waals surface area contributed by atoms with E-state index < -0.39 is 0 Å². The van der Waals surface area contributed by atoms with Gasteiger partial charge >= 0.3 is 0 Å². The molecular weight excluding hydrogens is 372 g/mol. The molecule has 1 aromatic heterocycles. The molecule has 1 fully saturated rings. The van der Waals surface area contributed by atoms with E-state index in [1.807, 2.05) is 42.0 Å². The van der Waals surface area contributed by atoms with Crippen molar-refractivity contribution in [2.45, 2.75) is 39.3 Å². The van der Waals surface area contributed by atoms with E-state index >= 15 is 0 Å². The zero-order valence-electron chi connectivity index (χ0n) is 17.8. The average molecular weight is 403 g/mol. The molecule has 156 valence electrons. The van der Waals surface area contributed by atoms with Crippen LogP contribution in [0.15, 0.2) is 67.3 Å². The van der Waals surface area contributed by atoms with Gasteiger partial charge < -0.3 is 14.8 Å². The van der Waals surface area contributed by atoms with Gasteiger partial charge in [0.25, 0.3) is 5.91 Å². The minimum absolute atomic E-state index is 0.0440. The van der Waals surface area contributed by atoms with Crippen LogP contribution in [-0.2, 0) is 6.54 Å². The van der Waals surface area contributed by atoms with E-state index in [1.54, 1.807) is 12.5 Å². The van der Waals surface area contributed by atoms with E-state index in [0.29, 0.717) is 5.56 Å². The predicted octanol–water partition coefficient (Wildman–Crippen LogP) is 4.66. The lowest BCUT2D eigenvalue weighted by molar-refractivity contribution is 0.0940. The minimum Gasteiger partial charge on any atom is -0.371 e. The summed E-state index contributed by atoms with van der Waals surface area (Å²) in [7, 11) is 0. The first kappa shape index (κ1) is 20.2. The molecule has 0 unspecified atom stereocenters. The third-order valence-corrected chi connectivity index (χ3v) is 5.90. The molecule has 1 N–H and O–H groups in total. The number of nitrogens with one attached hydrogen (secondary N) is 1. The number of rotatable bonds is 6. The molecule has 1 saturated heterocycles. The predicted molar refractivity (Wildman–Crippen MR) is 121 cm³/mol. The van der Waals surface area contributed by atoms with Crippen LogP contribution in [0.2, 0.25) is 0 Å². The van der Waals surface area contributed by atoms with Crippen molar-refractivity contribution in [3.63, 3.8) is 0 Å². The van der Waals surface area contributed by atoms with E-state index in [2.05, 4.69) is 46.4 Å². The highest BCUT2D eigenvalue weighted by atomic mass is 16.1. The number of nitrogens with zero attached hydrogens (tertiary/aromatic N) is 3. The van der Waals surface area contributed by atoms with Crippen molar-refractivity contribution in [3.05, 3.63) is 83.9 Å². The molecule has 0 bridgehead atoms. The normalized spacial score (nSPS) is 17.5. The Balaban J connectivity index is 1.34. The number of benzene rings is 2. The first-order valence-electron chi connectivity index (χ1n) is 10.8. The molecule has 1 aliphatic rings. The highest BCUT2D eigenvalue weighted by Crippen LogP contribution is 2.24. The van der Waals surface area contributed by atoms with Gasteiger partial charge in [0.2, 0.25) is 0 Å². The van der Waals surface area contributed by atoms with Crippen molar-refractivity contribution < 1.29 is 4.79 Å². The van der Waals surface area contributed by atoms with Crippen molar-refractivity contribution in [1.29, 1.82) is 0 Å². The zero-order chi connectivity index (χ0) is 20.9. The van der Waals surface area contributed by atoms with Crippen LogP contribution in [0.1, 0.15) is 54.2 Å². The van der Waals surface area contributed by atoms with Crippen LogP contribution in [0.4, 0.5) is 5.69 Å². The standard InChI is InChI=1S/C25H30N4O/c1-19-4-3-14-29(16-19)24-11-9-22(10-12-24)20(2)27-25(30)23-7-5-21(6-8-23)17-28-15-13-26-18-28/h5-13,15,18-20H,3-4,14,16-17H2,1-2H3,(H,27,30)/t19-,20+/m0/s1. The number of anilines is 1. The van der Waals surface area contributed by atoms with Crippen LogP contribution in [-0.4, -0.2) is 28.5 Å². The van der Waals surface area contributed by atoms with Gasteiger partial charge in [-0.3, -0.25) is 4.79 Å². The van der Waals surface area contributed by atoms with Crippen LogP contribution < -0.4 is 10.2 Å². The molecule has 1 amide bonds. The minimum atomic E-state index is -0.0504. The maximum absolute atomic E-state index is 12.7. The SMILES string of the molecule is C[C@H]1CCCN(c2ccc([C@@H](C)NC(=O)c3ccc(Cn4ccnc4)cc3)cc2)C1. The molecule has 2 aromatic carbocycles. The Labute approximate surface area is 178 Å². The van der Waals surface area contributed by atoms with Gasteiger partial charge in [-0.05, 0) is 61.1 Å². The van der Waals surface area contributed by atoms with Crippen molar-refractivity contribution >= 4 is 11.6 Å². The summed E-state index contributed by atoms with van der Waals surface area (Å²) in [5.74, 6) is 0.702. The smallest absolute Gasteiger partial charge is 0.251 e. The highest BCUT2D eigenvalue weighted by molar-refractivity contribution is 5.94. The number of imidazole rings is 1. The van der Waals surface area contributed by atoms with Gasteiger partial charge in [0, 0.05) is 43.3 Å². The molecule has 0 spiro atoms. The van der Waals surface area contributed by atoms with Crippen LogP contribution in [0.25, 0.3) is 0 Å². The number of aromatic nitrogens is 2. The molecule has 2 heterocycles. The molecule has 0 aliphatic carbocycles. The van der Waals surface area contributed by atoms with Crippen molar-refractivity contribution in [2.75, 3.05) is 18.0 Å². The summed E-state index contributed by atoms with van der Waals surface area (Å²) in [4.78, 5) is 19.2. The second-order valence-corrected chi connectivity index (χ2v) is 8.41. The Morgan fingerprint density at radius 2 is 1.93 bits per heavy atom. The van der Waals surface area contributed by atoms with E-state index in [-0.39, 0.29) is 11.9 Å². The fourth-order valence-electron chi connectivity index (χ4n) is 4.11. The van der Waals surface area contributed by atoms with Crippen molar-refractivity contribution in [1.82, 2.24) is 14.9 Å².